The summed E-state index contributed by atoms with van der Waals surface area (Å²) in [5.74, 6) is 0. The molecule has 152 valence electrons. The average Bonchev–Trinajstić information content (AvgIpc) is 2.51. The van der Waals surface area contributed by atoms with Gasteiger partial charge in [-0.2, -0.15) is 0 Å². The van der Waals surface area contributed by atoms with Crippen molar-refractivity contribution in [3.05, 3.63) is 59.7 Å². The Kier molecular flexibility index (Phi) is 6.25. The Balaban J connectivity index is 2.40. The van der Waals surface area contributed by atoms with Crippen LogP contribution < -0.4 is 0 Å². The molecule has 0 aliphatic rings. The molecule has 28 heavy (non-hydrogen) atoms. The molecule has 0 unspecified atom stereocenters. The largest absolute Gasteiger partial charge is 0.0601 e. The highest BCUT2D eigenvalue weighted by Crippen LogP contribution is 2.39. The molecular formula is C28H40. The number of benzene rings is 2. The molecule has 0 heteroatoms. The maximum atomic E-state index is 3.46. The first-order valence-corrected chi connectivity index (χ1v) is 10.6. The molecule has 0 aliphatic carbocycles. The van der Waals surface area contributed by atoms with Crippen molar-refractivity contribution < 1.29 is 0 Å². The van der Waals surface area contributed by atoms with Crippen molar-refractivity contribution in [3.63, 3.8) is 0 Å². The van der Waals surface area contributed by atoms with Gasteiger partial charge in [0.25, 0.3) is 0 Å². The highest BCUT2D eigenvalue weighted by atomic mass is 14.3. The Morgan fingerprint density at radius 2 is 0.893 bits per heavy atom. The average molecular weight is 377 g/mol. The van der Waals surface area contributed by atoms with Gasteiger partial charge in [0.1, 0.15) is 0 Å². The Bertz CT molecular complexity index is 722. The third-order valence-corrected chi connectivity index (χ3v) is 5.40. The normalized spacial score (nSPS) is 13.6. The fraction of sp³-hybridized carbons (Fsp3) is 0.571. The molecule has 0 bridgehead atoms. The highest BCUT2D eigenvalue weighted by molar-refractivity contribution is 5.64. The quantitative estimate of drug-likeness (QED) is 0.491. The minimum Gasteiger partial charge on any atom is -0.0601 e. The van der Waals surface area contributed by atoms with E-state index in [9.17, 15) is 0 Å². The lowest BCUT2D eigenvalue weighted by Gasteiger charge is -2.34. The second-order valence-electron chi connectivity index (χ2n) is 12.2. The Hall–Kier alpha value is -1.56. The molecule has 2 radical (unpaired) electrons. The molecule has 0 atom stereocenters. The molecule has 0 spiro atoms. The second kappa shape index (κ2) is 7.69. The summed E-state index contributed by atoms with van der Waals surface area (Å²) >= 11 is 0. The Labute approximate surface area is 174 Å². The molecule has 2 aromatic rings. The lowest BCUT2D eigenvalue weighted by atomic mass is 9.71. The van der Waals surface area contributed by atoms with Crippen molar-refractivity contribution in [1.29, 1.82) is 0 Å². The van der Waals surface area contributed by atoms with E-state index in [0.717, 1.165) is 24.0 Å². The predicted molar refractivity (Wildman–Crippen MR) is 124 cm³/mol. The first-order valence-electron chi connectivity index (χ1n) is 10.6. The van der Waals surface area contributed by atoms with Crippen LogP contribution in [0.1, 0.15) is 93.2 Å². The van der Waals surface area contributed by atoms with Crippen LogP contribution in [0.4, 0.5) is 0 Å². The zero-order valence-corrected chi connectivity index (χ0v) is 19.9. The Morgan fingerprint density at radius 3 is 1.18 bits per heavy atom. The van der Waals surface area contributed by atoms with Gasteiger partial charge in [-0.25, -0.2) is 0 Å². The lowest BCUT2D eigenvalue weighted by molar-refractivity contribution is 0.283. The van der Waals surface area contributed by atoms with Gasteiger partial charge in [-0.15, -0.1) is 0 Å². The lowest BCUT2D eigenvalue weighted by Crippen LogP contribution is -2.25. The molecule has 0 heterocycles. The topological polar surface area (TPSA) is 0 Å². The van der Waals surface area contributed by atoms with Crippen molar-refractivity contribution >= 4 is 0 Å². The minimum atomic E-state index is 0.130. The summed E-state index contributed by atoms with van der Waals surface area (Å²) in [6, 6.07) is 20.2. The van der Waals surface area contributed by atoms with E-state index in [1.165, 1.54) is 11.1 Å². The summed E-state index contributed by atoms with van der Waals surface area (Å²) in [5.41, 5.74) is 5.91. The van der Waals surface area contributed by atoms with Crippen molar-refractivity contribution in [1.82, 2.24) is 0 Å². The van der Waals surface area contributed by atoms with Crippen LogP contribution in [0.5, 0.6) is 0 Å². The summed E-state index contributed by atoms with van der Waals surface area (Å²) in [4.78, 5) is 0. The molecule has 2 rings (SSSR count). The summed E-state index contributed by atoms with van der Waals surface area (Å²) in [6.45, 7) is 23.3. The molecular weight excluding hydrogens is 336 g/mol. The van der Waals surface area contributed by atoms with Crippen LogP contribution in [-0.4, -0.2) is 0 Å². The zero-order valence-electron chi connectivity index (χ0n) is 19.9. The molecule has 0 aromatic heterocycles. The highest BCUT2D eigenvalue weighted by Gasteiger charge is 2.29. The standard InChI is InChI=1S/C28H40/c1-25(2,3)19-27(7,8)23-15-11-13-21(17-23)22-14-12-16-24(18-22)28(9,10)20-26(4,5)6/h11-12,15-18H,19-20H2,1-10H3. The third-order valence-electron chi connectivity index (χ3n) is 5.40. The molecule has 2 aromatic carbocycles. The molecule has 0 amide bonds. The second-order valence-corrected chi connectivity index (χ2v) is 12.2. The zero-order chi connectivity index (χ0) is 21.4. The van der Waals surface area contributed by atoms with E-state index in [2.05, 4.69) is 118 Å². The first kappa shape index (κ1) is 22.7. The first-order chi connectivity index (χ1) is 12.6. The van der Waals surface area contributed by atoms with E-state index < -0.39 is 0 Å². The van der Waals surface area contributed by atoms with Crippen molar-refractivity contribution in [2.75, 3.05) is 0 Å². The summed E-state index contributed by atoms with van der Waals surface area (Å²) in [6.07, 6.45) is 2.29. The van der Waals surface area contributed by atoms with E-state index in [-0.39, 0.29) is 10.8 Å². The summed E-state index contributed by atoms with van der Waals surface area (Å²) < 4.78 is 0. The molecule has 0 saturated heterocycles. The fourth-order valence-corrected chi connectivity index (χ4v) is 4.94. The van der Waals surface area contributed by atoms with Gasteiger partial charge in [0, 0.05) is 0 Å². The molecule has 0 N–H and O–H groups in total. The monoisotopic (exact) mass is 376 g/mol. The van der Waals surface area contributed by atoms with Gasteiger partial charge in [0.2, 0.25) is 0 Å². The van der Waals surface area contributed by atoms with E-state index in [0.29, 0.717) is 10.8 Å². The fourth-order valence-electron chi connectivity index (χ4n) is 4.94. The van der Waals surface area contributed by atoms with Gasteiger partial charge < -0.3 is 0 Å². The van der Waals surface area contributed by atoms with Gasteiger partial charge in [-0.05, 0) is 81.0 Å². The predicted octanol–water partition coefficient (Wildman–Crippen LogP) is 8.38. The van der Waals surface area contributed by atoms with Crippen molar-refractivity contribution in [2.24, 2.45) is 10.8 Å². The number of hydrogen-bond acceptors (Lipinski definition) is 0. The molecule has 0 nitrogen and oxygen atoms in total. The van der Waals surface area contributed by atoms with E-state index in [1.54, 1.807) is 0 Å². The number of rotatable bonds is 5. The summed E-state index contributed by atoms with van der Waals surface area (Å²) in [5, 5.41) is 0. The van der Waals surface area contributed by atoms with E-state index in [4.69, 9.17) is 0 Å². The van der Waals surface area contributed by atoms with Gasteiger partial charge in [0.05, 0.1) is 0 Å². The maximum absolute atomic E-state index is 3.46. The van der Waals surface area contributed by atoms with Gasteiger partial charge in [-0.3, -0.25) is 0 Å². The molecule has 0 aliphatic heterocycles. The minimum absolute atomic E-state index is 0.130. The summed E-state index contributed by atoms with van der Waals surface area (Å²) in [7, 11) is 0. The van der Waals surface area contributed by atoms with Crippen LogP contribution in [0.25, 0.3) is 11.1 Å². The molecule has 0 saturated carbocycles. The maximum Gasteiger partial charge on any atom is -0.00959 e. The van der Waals surface area contributed by atoms with Crippen LogP contribution in [0.15, 0.2) is 36.4 Å². The van der Waals surface area contributed by atoms with E-state index >= 15 is 0 Å². The van der Waals surface area contributed by atoms with Crippen LogP contribution in [-0.2, 0) is 10.8 Å². The van der Waals surface area contributed by atoms with Gasteiger partial charge in [-0.1, -0.05) is 93.5 Å². The van der Waals surface area contributed by atoms with Crippen LogP contribution in [0, 0.1) is 23.0 Å². The van der Waals surface area contributed by atoms with E-state index in [1.807, 2.05) is 0 Å². The van der Waals surface area contributed by atoms with Crippen LogP contribution in [0.2, 0.25) is 0 Å². The smallest absolute Gasteiger partial charge is 0.00959 e. The SMILES string of the molecule is CC(C)(C)CC(C)(C)c1cc[c]c(-c2[c]ccc(C(C)(C)CC(C)(C)C)c2)c1. The van der Waals surface area contributed by atoms with Gasteiger partial charge in [0.15, 0.2) is 0 Å². The Morgan fingerprint density at radius 1 is 0.571 bits per heavy atom. The third kappa shape index (κ3) is 6.23. The van der Waals surface area contributed by atoms with Crippen molar-refractivity contribution in [3.8, 4) is 11.1 Å². The number of hydrogen-bond donors (Lipinski definition) is 0. The van der Waals surface area contributed by atoms with Crippen LogP contribution in [0.3, 0.4) is 0 Å². The van der Waals surface area contributed by atoms with Gasteiger partial charge >= 0.3 is 0 Å². The van der Waals surface area contributed by atoms with Crippen LogP contribution >= 0.6 is 0 Å². The van der Waals surface area contributed by atoms with Crippen molar-refractivity contribution in [2.45, 2.75) is 92.9 Å². The molecule has 0 fully saturated rings.